The van der Waals surface area contributed by atoms with Gasteiger partial charge in [-0.3, -0.25) is 19.6 Å². The van der Waals surface area contributed by atoms with E-state index in [1.807, 2.05) is 22.8 Å². The predicted molar refractivity (Wildman–Crippen MR) is 154 cm³/mol. The fourth-order valence-electron chi connectivity index (χ4n) is 7.77. The lowest BCUT2D eigenvalue weighted by molar-refractivity contribution is -0.190. The van der Waals surface area contributed by atoms with Crippen LogP contribution in [0.2, 0.25) is 0 Å². The van der Waals surface area contributed by atoms with Crippen LogP contribution < -0.4 is 14.8 Å². The second kappa shape index (κ2) is 12.2. The third-order valence-electron chi connectivity index (χ3n) is 10.5. The minimum Gasteiger partial charge on any atom is -0.477 e. The molecule has 232 valence electrons. The Morgan fingerprint density at radius 1 is 1.12 bits per heavy atom. The van der Waals surface area contributed by atoms with Crippen LogP contribution >= 0.6 is 11.9 Å². The van der Waals surface area contributed by atoms with Crippen LogP contribution in [0.5, 0.6) is 5.88 Å². The van der Waals surface area contributed by atoms with Crippen molar-refractivity contribution >= 4 is 11.9 Å². The number of rotatable bonds is 5. The molecule has 4 aliphatic heterocycles. The first-order valence-corrected chi connectivity index (χ1v) is 16.8. The SMILES string of the molecule is CC1(C)CC2CCCOC3CCC(CC3)SNCC3CCC(n4ccc(OCCC5(C(F)(F)F)CC5)n4)NC3N1C2. The molecular weight excluding hydrogens is 551 g/mol. The number of hydrogen-bond acceptors (Lipinski definition) is 7. The van der Waals surface area contributed by atoms with E-state index in [4.69, 9.17) is 9.47 Å². The van der Waals surface area contributed by atoms with E-state index in [1.165, 1.54) is 38.5 Å². The zero-order chi connectivity index (χ0) is 28.7. The zero-order valence-electron chi connectivity index (χ0n) is 24.6. The number of nitrogens with zero attached hydrogens (tertiary/aromatic N) is 3. The molecule has 0 aromatic carbocycles. The van der Waals surface area contributed by atoms with Crippen LogP contribution in [-0.2, 0) is 4.74 Å². The van der Waals surface area contributed by atoms with Gasteiger partial charge >= 0.3 is 6.18 Å². The quantitative estimate of drug-likeness (QED) is 0.387. The molecule has 7 nitrogen and oxygen atoms in total. The first kappa shape index (κ1) is 30.0. The van der Waals surface area contributed by atoms with Crippen molar-refractivity contribution in [2.24, 2.45) is 17.3 Å². The minimum absolute atomic E-state index is 0.00141. The molecule has 6 aliphatic rings. The Morgan fingerprint density at radius 2 is 1.93 bits per heavy atom. The monoisotopic (exact) mass is 599 g/mol. The Labute approximate surface area is 247 Å². The summed E-state index contributed by atoms with van der Waals surface area (Å²) in [4.78, 5) is 2.70. The Hall–Kier alpha value is -1.01. The van der Waals surface area contributed by atoms with Crippen LogP contribution in [0, 0.1) is 17.3 Å². The van der Waals surface area contributed by atoms with Gasteiger partial charge in [-0.2, -0.15) is 13.2 Å². The molecule has 5 unspecified atom stereocenters. The van der Waals surface area contributed by atoms with Gasteiger partial charge in [-0.05, 0) is 96.8 Å². The van der Waals surface area contributed by atoms with Gasteiger partial charge in [0.1, 0.15) is 6.17 Å². The number of fused-ring (bicyclic) bond motifs is 7. The Bertz CT molecular complexity index is 1010. The van der Waals surface area contributed by atoms with Crippen LogP contribution in [0.4, 0.5) is 13.2 Å². The molecule has 0 spiro atoms. The van der Waals surface area contributed by atoms with Crippen molar-refractivity contribution in [3.63, 3.8) is 0 Å². The van der Waals surface area contributed by atoms with Crippen molar-refractivity contribution in [2.75, 3.05) is 26.3 Å². The summed E-state index contributed by atoms with van der Waals surface area (Å²) in [5.74, 6) is 1.55. The Morgan fingerprint density at radius 3 is 2.68 bits per heavy atom. The minimum atomic E-state index is -4.15. The molecule has 2 N–H and O–H groups in total. The summed E-state index contributed by atoms with van der Waals surface area (Å²) in [6.07, 6.45) is 9.22. The summed E-state index contributed by atoms with van der Waals surface area (Å²) in [7, 11) is 0. The lowest BCUT2D eigenvalue weighted by Crippen LogP contribution is -2.60. The molecule has 2 aliphatic carbocycles. The first-order chi connectivity index (χ1) is 19.6. The van der Waals surface area contributed by atoms with Crippen LogP contribution in [-0.4, -0.2) is 70.2 Å². The smallest absolute Gasteiger partial charge is 0.394 e. The third kappa shape index (κ3) is 6.89. The lowest BCUT2D eigenvalue weighted by atomic mass is 9.90. The van der Waals surface area contributed by atoms with Gasteiger partial charge in [-0.25, -0.2) is 0 Å². The van der Waals surface area contributed by atoms with Crippen LogP contribution in [0.15, 0.2) is 12.3 Å². The van der Waals surface area contributed by atoms with Gasteiger partial charge in [0.25, 0.3) is 0 Å². The van der Waals surface area contributed by atoms with E-state index in [9.17, 15) is 13.2 Å². The lowest BCUT2D eigenvalue weighted by Gasteiger charge is -2.47. The van der Waals surface area contributed by atoms with E-state index >= 15 is 0 Å². The van der Waals surface area contributed by atoms with E-state index in [0.29, 0.717) is 29.1 Å². The van der Waals surface area contributed by atoms with Crippen LogP contribution in [0.25, 0.3) is 0 Å². The molecule has 11 heteroatoms. The second-order valence-corrected chi connectivity index (χ2v) is 15.1. The first-order valence-electron chi connectivity index (χ1n) is 15.9. The Kier molecular flexibility index (Phi) is 8.92. The maximum atomic E-state index is 13.3. The molecule has 7 rings (SSSR count). The third-order valence-corrected chi connectivity index (χ3v) is 11.6. The van der Waals surface area contributed by atoms with Crippen molar-refractivity contribution < 1.29 is 22.6 Å². The molecule has 1 aromatic rings. The standard InChI is InChI=1S/C30H48F3N5O2S/c1-28(2)18-21-4-3-16-39-23-6-8-24(9-7-23)41-34-19-22-5-10-25(35-27(22)37(28)20-21)38-15-11-26(36-38)40-17-14-29(12-13-29)30(31,32)33/h11,15,21-25,27,34-35H,3-10,12-14,16-20H2,1-2H3. The molecule has 41 heavy (non-hydrogen) atoms. The average Bonchev–Trinajstić information content (AvgIpc) is 3.48. The highest BCUT2D eigenvalue weighted by Gasteiger charge is 2.62. The normalized spacial score (nSPS) is 37.4. The van der Waals surface area contributed by atoms with Gasteiger partial charge in [0.2, 0.25) is 5.88 Å². The second-order valence-electron chi connectivity index (χ2n) is 13.9. The van der Waals surface area contributed by atoms with Crippen molar-refractivity contribution in [3.05, 3.63) is 12.3 Å². The molecule has 0 amide bonds. The average molecular weight is 600 g/mol. The van der Waals surface area contributed by atoms with Gasteiger partial charge in [0.15, 0.2) is 0 Å². The van der Waals surface area contributed by atoms with Gasteiger partial charge in [0, 0.05) is 48.7 Å². The van der Waals surface area contributed by atoms with Crippen molar-refractivity contribution in [1.29, 1.82) is 0 Å². The van der Waals surface area contributed by atoms with E-state index in [1.54, 1.807) is 6.07 Å². The highest BCUT2D eigenvalue weighted by molar-refractivity contribution is 7.98. The number of piperidine rings is 1. The summed E-state index contributed by atoms with van der Waals surface area (Å²) in [6.45, 7) is 7.74. The highest BCUT2D eigenvalue weighted by atomic mass is 32.2. The number of halogens is 3. The number of alkyl halides is 3. The number of aromatic nitrogens is 2. The molecule has 6 fully saturated rings. The maximum Gasteiger partial charge on any atom is 0.394 e. The molecule has 4 bridgehead atoms. The van der Waals surface area contributed by atoms with Gasteiger partial charge < -0.3 is 9.47 Å². The summed E-state index contributed by atoms with van der Waals surface area (Å²) in [5.41, 5.74) is -1.45. The van der Waals surface area contributed by atoms with E-state index < -0.39 is 11.6 Å². The van der Waals surface area contributed by atoms with Crippen LogP contribution in [0.3, 0.4) is 0 Å². The van der Waals surface area contributed by atoms with E-state index in [-0.39, 0.29) is 43.7 Å². The van der Waals surface area contributed by atoms with Gasteiger partial charge in [0.05, 0.1) is 24.3 Å². The van der Waals surface area contributed by atoms with E-state index in [0.717, 1.165) is 39.0 Å². The Balaban J connectivity index is 1.11. The molecule has 5 heterocycles. The topological polar surface area (TPSA) is 63.6 Å². The molecule has 0 radical (unpaired) electrons. The van der Waals surface area contributed by atoms with Gasteiger partial charge in [-0.15, -0.1) is 5.10 Å². The molecule has 1 aromatic heterocycles. The van der Waals surface area contributed by atoms with E-state index in [2.05, 4.69) is 33.9 Å². The van der Waals surface area contributed by atoms with Crippen LogP contribution in [0.1, 0.15) is 97.1 Å². The zero-order valence-corrected chi connectivity index (χ0v) is 25.4. The molecule has 5 atom stereocenters. The number of ether oxygens (including phenoxy) is 2. The fourth-order valence-corrected chi connectivity index (χ4v) is 8.82. The molecule has 2 saturated carbocycles. The molecular formula is C30H48F3N5O2S. The summed E-state index contributed by atoms with van der Waals surface area (Å²) in [5, 5.41) is 9.26. The fraction of sp³-hybridized carbons (Fsp3) is 0.900. The van der Waals surface area contributed by atoms with Gasteiger partial charge in [-0.1, -0.05) is 11.9 Å². The van der Waals surface area contributed by atoms with Crippen molar-refractivity contribution in [1.82, 2.24) is 24.7 Å². The largest absolute Gasteiger partial charge is 0.477 e. The molecule has 4 saturated heterocycles. The van der Waals surface area contributed by atoms with Crippen molar-refractivity contribution in [3.8, 4) is 5.88 Å². The summed E-state index contributed by atoms with van der Waals surface area (Å²) >= 11 is 1.93. The number of hydrogen-bond donors (Lipinski definition) is 2. The number of nitrogens with one attached hydrogen (secondary N) is 2. The summed E-state index contributed by atoms with van der Waals surface area (Å²) in [6, 6.07) is 1.78. The summed E-state index contributed by atoms with van der Waals surface area (Å²) < 4.78 is 57.5. The van der Waals surface area contributed by atoms with Crippen molar-refractivity contribution in [2.45, 2.75) is 126 Å². The predicted octanol–water partition coefficient (Wildman–Crippen LogP) is 6.28. The maximum absolute atomic E-state index is 13.3. The highest BCUT2D eigenvalue weighted by Crippen LogP contribution is 2.59.